The maximum atomic E-state index is 5.81. The fraction of sp³-hybridized carbons (Fsp3) is 0.625. The van der Waals surface area contributed by atoms with Crippen LogP contribution in [0.25, 0.3) is 0 Å². The van der Waals surface area contributed by atoms with Crippen LogP contribution in [0.2, 0.25) is 0 Å². The minimum absolute atomic E-state index is 0.327. The maximum absolute atomic E-state index is 5.81. The molecule has 2 rings (SSSR count). The van der Waals surface area contributed by atoms with Gasteiger partial charge < -0.3 is 0 Å². The number of nitrogens with two attached hydrogens (primary N) is 1. The van der Waals surface area contributed by atoms with Gasteiger partial charge in [0, 0.05) is 6.04 Å². The third-order valence-corrected chi connectivity index (χ3v) is 4.53. The average molecular weight is 246 g/mol. The van der Waals surface area contributed by atoms with Crippen molar-refractivity contribution in [1.82, 2.24) is 5.43 Å². The summed E-state index contributed by atoms with van der Waals surface area (Å²) in [6, 6.07) is 9.20. The van der Waals surface area contributed by atoms with Crippen LogP contribution in [0.1, 0.15) is 56.7 Å². The van der Waals surface area contributed by atoms with E-state index in [0.717, 1.165) is 12.3 Å². The predicted octanol–water partition coefficient (Wildman–Crippen LogP) is 3.58. The van der Waals surface area contributed by atoms with Gasteiger partial charge in [0.15, 0.2) is 0 Å². The third kappa shape index (κ3) is 2.93. The van der Waals surface area contributed by atoms with Crippen LogP contribution in [0.5, 0.6) is 0 Å². The van der Waals surface area contributed by atoms with Gasteiger partial charge in [-0.2, -0.15) is 0 Å². The fourth-order valence-electron chi connectivity index (χ4n) is 3.30. The molecule has 0 amide bonds. The van der Waals surface area contributed by atoms with Crippen molar-refractivity contribution in [2.75, 3.05) is 0 Å². The highest BCUT2D eigenvalue weighted by atomic mass is 15.2. The zero-order valence-electron chi connectivity index (χ0n) is 11.7. The van der Waals surface area contributed by atoms with Gasteiger partial charge >= 0.3 is 0 Å². The van der Waals surface area contributed by atoms with Crippen molar-refractivity contribution < 1.29 is 0 Å². The Bertz CT molecular complexity index is 375. The van der Waals surface area contributed by atoms with Crippen molar-refractivity contribution in [3.8, 4) is 0 Å². The molecule has 1 aliphatic carbocycles. The summed E-state index contributed by atoms with van der Waals surface area (Å²) in [5, 5.41) is 0. The second-order valence-electron chi connectivity index (χ2n) is 5.59. The second kappa shape index (κ2) is 6.35. The third-order valence-electron chi connectivity index (χ3n) is 4.53. The van der Waals surface area contributed by atoms with Crippen molar-refractivity contribution in [2.45, 2.75) is 52.0 Å². The lowest BCUT2D eigenvalue weighted by Crippen LogP contribution is -2.32. The van der Waals surface area contributed by atoms with Crippen molar-refractivity contribution in [3.63, 3.8) is 0 Å². The van der Waals surface area contributed by atoms with E-state index in [9.17, 15) is 0 Å². The molecule has 0 aliphatic heterocycles. The first-order valence-corrected chi connectivity index (χ1v) is 7.33. The van der Waals surface area contributed by atoms with E-state index < -0.39 is 0 Å². The molecule has 2 nitrogen and oxygen atoms in total. The molecule has 0 radical (unpaired) electrons. The summed E-state index contributed by atoms with van der Waals surface area (Å²) >= 11 is 0. The lowest BCUT2D eigenvalue weighted by molar-refractivity contribution is 0.358. The van der Waals surface area contributed by atoms with Gasteiger partial charge in [-0.1, -0.05) is 51.0 Å². The molecule has 0 aromatic heterocycles. The van der Waals surface area contributed by atoms with E-state index in [2.05, 4.69) is 43.5 Å². The molecule has 100 valence electrons. The standard InChI is InChI=1S/C16H26N2/c1-3-12-6-5-7-14(10-12)16(18-17)15-9-8-13(4-2)11-15/h5-7,10,13,15-16,18H,3-4,8-9,11,17H2,1-2H3. The summed E-state index contributed by atoms with van der Waals surface area (Å²) in [5.74, 6) is 7.42. The van der Waals surface area contributed by atoms with Gasteiger partial charge in [0.1, 0.15) is 0 Å². The molecule has 2 heteroatoms. The second-order valence-corrected chi connectivity index (χ2v) is 5.59. The molecule has 1 fully saturated rings. The Labute approximate surface area is 111 Å². The molecule has 0 spiro atoms. The first-order chi connectivity index (χ1) is 8.78. The van der Waals surface area contributed by atoms with E-state index in [0.29, 0.717) is 12.0 Å². The molecule has 18 heavy (non-hydrogen) atoms. The van der Waals surface area contributed by atoms with Gasteiger partial charge in [0.25, 0.3) is 0 Å². The van der Waals surface area contributed by atoms with Gasteiger partial charge in [-0.3, -0.25) is 11.3 Å². The van der Waals surface area contributed by atoms with Crippen LogP contribution in [0, 0.1) is 11.8 Å². The largest absolute Gasteiger partial charge is 0.271 e. The molecular formula is C16H26N2. The number of aryl methyl sites for hydroxylation is 1. The number of hydrogen-bond acceptors (Lipinski definition) is 2. The van der Waals surface area contributed by atoms with Gasteiger partial charge in [-0.05, 0) is 42.2 Å². The number of hydrogen-bond donors (Lipinski definition) is 2. The first kappa shape index (κ1) is 13.6. The van der Waals surface area contributed by atoms with E-state index >= 15 is 0 Å². The SMILES string of the molecule is CCc1cccc(C(NN)C2CCC(CC)C2)c1. The van der Waals surface area contributed by atoms with E-state index in [-0.39, 0.29) is 0 Å². The molecule has 0 bridgehead atoms. The highest BCUT2D eigenvalue weighted by molar-refractivity contribution is 5.26. The summed E-state index contributed by atoms with van der Waals surface area (Å²) in [6.45, 7) is 4.50. The number of benzene rings is 1. The Morgan fingerprint density at radius 3 is 2.78 bits per heavy atom. The summed E-state index contributed by atoms with van der Waals surface area (Å²) in [6.07, 6.45) is 6.40. The lowest BCUT2D eigenvalue weighted by atomic mass is 9.90. The Balaban J connectivity index is 2.12. The van der Waals surface area contributed by atoms with Crippen LogP contribution in [0.15, 0.2) is 24.3 Å². The Morgan fingerprint density at radius 1 is 1.33 bits per heavy atom. The van der Waals surface area contributed by atoms with Gasteiger partial charge in [0.2, 0.25) is 0 Å². The van der Waals surface area contributed by atoms with E-state index in [1.54, 1.807) is 0 Å². The Kier molecular flexibility index (Phi) is 4.79. The average Bonchev–Trinajstić information content (AvgIpc) is 2.88. The normalized spacial score (nSPS) is 25.3. The summed E-state index contributed by atoms with van der Waals surface area (Å²) in [4.78, 5) is 0. The maximum Gasteiger partial charge on any atom is 0.0488 e. The topological polar surface area (TPSA) is 38.0 Å². The highest BCUT2D eigenvalue weighted by Gasteiger charge is 2.30. The molecule has 1 saturated carbocycles. The molecule has 0 heterocycles. The summed E-state index contributed by atoms with van der Waals surface area (Å²) in [5.41, 5.74) is 5.82. The van der Waals surface area contributed by atoms with E-state index in [1.165, 1.54) is 36.8 Å². The molecular weight excluding hydrogens is 220 g/mol. The van der Waals surface area contributed by atoms with Crippen molar-refractivity contribution in [2.24, 2.45) is 17.7 Å². The fourth-order valence-corrected chi connectivity index (χ4v) is 3.30. The molecule has 3 unspecified atom stereocenters. The molecule has 1 aromatic carbocycles. The molecule has 1 aliphatic rings. The van der Waals surface area contributed by atoms with E-state index in [4.69, 9.17) is 5.84 Å². The van der Waals surface area contributed by atoms with Crippen LogP contribution in [0.3, 0.4) is 0 Å². The quantitative estimate of drug-likeness (QED) is 0.615. The predicted molar refractivity (Wildman–Crippen MR) is 77.0 cm³/mol. The highest BCUT2D eigenvalue weighted by Crippen LogP contribution is 2.40. The zero-order chi connectivity index (χ0) is 13.0. The Morgan fingerprint density at radius 2 is 2.17 bits per heavy atom. The van der Waals surface area contributed by atoms with E-state index in [1.807, 2.05) is 0 Å². The molecule has 0 saturated heterocycles. The number of rotatable bonds is 5. The Hall–Kier alpha value is -0.860. The summed E-state index contributed by atoms with van der Waals surface area (Å²) < 4.78 is 0. The van der Waals surface area contributed by atoms with Gasteiger partial charge in [-0.25, -0.2) is 0 Å². The van der Waals surface area contributed by atoms with Crippen LogP contribution >= 0.6 is 0 Å². The smallest absolute Gasteiger partial charge is 0.0488 e. The van der Waals surface area contributed by atoms with Gasteiger partial charge in [-0.15, -0.1) is 0 Å². The van der Waals surface area contributed by atoms with Crippen LogP contribution < -0.4 is 11.3 Å². The van der Waals surface area contributed by atoms with Gasteiger partial charge in [0.05, 0.1) is 0 Å². The summed E-state index contributed by atoms with van der Waals surface area (Å²) in [7, 11) is 0. The minimum atomic E-state index is 0.327. The minimum Gasteiger partial charge on any atom is -0.271 e. The monoisotopic (exact) mass is 246 g/mol. The lowest BCUT2D eigenvalue weighted by Gasteiger charge is -2.24. The van der Waals surface area contributed by atoms with Crippen LogP contribution in [-0.2, 0) is 6.42 Å². The van der Waals surface area contributed by atoms with Crippen molar-refractivity contribution in [3.05, 3.63) is 35.4 Å². The zero-order valence-corrected chi connectivity index (χ0v) is 11.7. The molecule has 3 atom stereocenters. The van der Waals surface area contributed by atoms with Crippen molar-refractivity contribution in [1.29, 1.82) is 0 Å². The van der Waals surface area contributed by atoms with Crippen molar-refractivity contribution >= 4 is 0 Å². The first-order valence-electron chi connectivity index (χ1n) is 7.33. The van der Waals surface area contributed by atoms with Crippen LogP contribution in [-0.4, -0.2) is 0 Å². The van der Waals surface area contributed by atoms with Crippen LogP contribution in [0.4, 0.5) is 0 Å². The number of hydrazine groups is 1. The number of nitrogens with one attached hydrogen (secondary N) is 1. The molecule has 3 N–H and O–H groups in total. The molecule has 1 aromatic rings.